The number of benzene rings is 1. The maximum absolute atomic E-state index is 5.79. The van der Waals surface area contributed by atoms with Crippen LogP contribution in [0, 0.1) is 13.8 Å². The number of nitrogens with zero attached hydrogens (tertiary/aromatic N) is 1. The zero-order chi connectivity index (χ0) is 15.5. The Kier molecular flexibility index (Phi) is 4.45. The van der Waals surface area contributed by atoms with Gasteiger partial charge in [0.15, 0.2) is 0 Å². The van der Waals surface area contributed by atoms with Gasteiger partial charge in [-0.3, -0.25) is 0 Å². The number of hydrogen-bond acceptors (Lipinski definition) is 5. The number of nitrogens with one attached hydrogen (secondary N) is 1. The average Bonchev–Trinajstić information content (AvgIpc) is 2.87. The van der Waals surface area contributed by atoms with E-state index in [4.69, 9.17) is 14.0 Å². The zero-order valence-electron chi connectivity index (χ0n) is 13.3. The number of ether oxygens (including phenoxy) is 2. The second-order valence-corrected chi connectivity index (χ2v) is 5.63. The fraction of sp³-hybridized carbons (Fsp3) is 0.471. The third-order valence-corrected chi connectivity index (χ3v) is 4.03. The first kappa shape index (κ1) is 15.1. The highest BCUT2D eigenvalue weighted by molar-refractivity contribution is 5.74. The number of hydrogen-bond donors (Lipinski definition) is 1. The van der Waals surface area contributed by atoms with Gasteiger partial charge in [0.25, 0.3) is 0 Å². The molecule has 22 heavy (non-hydrogen) atoms. The zero-order valence-corrected chi connectivity index (χ0v) is 13.3. The van der Waals surface area contributed by atoms with Crippen LogP contribution in [0.5, 0.6) is 5.75 Å². The third kappa shape index (κ3) is 3.00. The van der Waals surface area contributed by atoms with Gasteiger partial charge < -0.3 is 19.3 Å². The Bertz CT molecular complexity index is 626. The molecular weight excluding hydrogens is 280 g/mol. The van der Waals surface area contributed by atoms with Crippen molar-refractivity contribution in [3.8, 4) is 16.9 Å². The second kappa shape index (κ2) is 6.50. The van der Waals surface area contributed by atoms with E-state index in [1.165, 1.54) is 5.56 Å². The Hall–Kier alpha value is -1.85. The highest BCUT2D eigenvalue weighted by atomic mass is 16.5. The van der Waals surface area contributed by atoms with E-state index in [9.17, 15) is 0 Å². The van der Waals surface area contributed by atoms with E-state index in [0.717, 1.165) is 54.4 Å². The normalized spacial score (nSPS) is 18.4. The molecule has 1 atom stereocenters. The van der Waals surface area contributed by atoms with Crippen molar-refractivity contribution in [1.82, 2.24) is 10.5 Å². The minimum Gasteiger partial charge on any atom is -0.496 e. The Morgan fingerprint density at radius 1 is 1.36 bits per heavy atom. The molecule has 1 aliphatic rings. The molecule has 0 radical (unpaired) electrons. The van der Waals surface area contributed by atoms with Crippen LogP contribution in [0.4, 0.5) is 0 Å². The molecule has 5 nitrogen and oxygen atoms in total. The first-order valence-corrected chi connectivity index (χ1v) is 7.61. The SMILES string of the molecule is COc1ccc(C[C@@H]2CNCCO2)cc1-c1c(C)noc1C. The summed E-state index contributed by atoms with van der Waals surface area (Å²) >= 11 is 0. The van der Waals surface area contributed by atoms with Gasteiger partial charge in [-0.2, -0.15) is 0 Å². The maximum atomic E-state index is 5.79. The van der Waals surface area contributed by atoms with Crippen LogP contribution in [0.15, 0.2) is 22.7 Å². The number of aryl methyl sites for hydroxylation is 2. The van der Waals surface area contributed by atoms with Crippen molar-refractivity contribution in [2.75, 3.05) is 26.8 Å². The first-order chi connectivity index (χ1) is 10.7. The van der Waals surface area contributed by atoms with E-state index < -0.39 is 0 Å². The first-order valence-electron chi connectivity index (χ1n) is 7.61. The predicted octanol–water partition coefficient (Wildman–Crippen LogP) is 2.50. The molecule has 5 heteroatoms. The van der Waals surface area contributed by atoms with Gasteiger partial charge in [-0.15, -0.1) is 0 Å². The van der Waals surface area contributed by atoms with Crippen LogP contribution in [0.2, 0.25) is 0 Å². The van der Waals surface area contributed by atoms with E-state index in [0.29, 0.717) is 0 Å². The van der Waals surface area contributed by atoms with E-state index in [1.54, 1.807) is 7.11 Å². The number of rotatable bonds is 4. The lowest BCUT2D eigenvalue weighted by Gasteiger charge is -2.24. The molecule has 1 fully saturated rings. The highest BCUT2D eigenvalue weighted by Crippen LogP contribution is 2.35. The van der Waals surface area contributed by atoms with Gasteiger partial charge in [0, 0.05) is 18.7 Å². The summed E-state index contributed by atoms with van der Waals surface area (Å²) in [4.78, 5) is 0. The molecule has 0 unspecified atom stereocenters. The van der Waals surface area contributed by atoms with E-state index >= 15 is 0 Å². The summed E-state index contributed by atoms with van der Waals surface area (Å²) in [5.74, 6) is 1.64. The van der Waals surface area contributed by atoms with Crippen LogP contribution < -0.4 is 10.1 Å². The molecule has 1 aromatic carbocycles. The highest BCUT2D eigenvalue weighted by Gasteiger charge is 2.19. The summed E-state index contributed by atoms with van der Waals surface area (Å²) in [5, 5.41) is 7.41. The van der Waals surface area contributed by atoms with Crippen molar-refractivity contribution in [3.05, 3.63) is 35.2 Å². The fourth-order valence-corrected chi connectivity index (χ4v) is 2.96. The molecule has 118 valence electrons. The van der Waals surface area contributed by atoms with Crippen LogP contribution in [0.3, 0.4) is 0 Å². The third-order valence-electron chi connectivity index (χ3n) is 4.03. The predicted molar refractivity (Wildman–Crippen MR) is 84.3 cm³/mol. The molecule has 1 aliphatic heterocycles. The topological polar surface area (TPSA) is 56.5 Å². The molecule has 1 saturated heterocycles. The van der Waals surface area contributed by atoms with Crippen LogP contribution in [0.25, 0.3) is 11.1 Å². The van der Waals surface area contributed by atoms with Gasteiger partial charge in [0.1, 0.15) is 11.5 Å². The smallest absolute Gasteiger partial charge is 0.141 e. The van der Waals surface area contributed by atoms with Crippen LogP contribution in [-0.4, -0.2) is 38.1 Å². The van der Waals surface area contributed by atoms with Gasteiger partial charge >= 0.3 is 0 Å². The Morgan fingerprint density at radius 2 is 2.23 bits per heavy atom. The summed E-state index contributed by atoms with van der Waals surface area (Å²) in [6.45, 7) is 6.48. The molecule has 0 amide bonds. The molecule has 0 bridgehead atoms. The molecule has 0 aliphatic carbocycles. The molecule has 0 saturated carbocycles. The Balaban J connectivity index is 1.92. The van der Waals surface area contributed by atoms with Crippen molar-refractivity contribution in [2.24, 2.45) is 0 Å². The van der Waals surface area contributed by atoms with Crippen molar-refractivity contribution in [1.29, 1.82) is 0 Å². The molecule has 0 spiro atoms. The van der Waals surface area contributed by atoms with Gasteiger partial charge in [-0.25, -0.2) is 0 Å². The van der Waals surface area contributed by atoms with Crippen LogP contribution in [0.1, 0.15) is 17.0 Å². The summed E-state index contributed by atoms with van der Waals surface area (Å²) in [5.41, 5.74) is 4.15. The lowest BCUT2D eigenvalue weighted by Crippen LogP contribution is -2.39. The summed E-state index contributed by atoms with van der Waals surface area (Å²) < 4.78 is 16.6. The number of methoxy groups -OCH3 is 1. The maximum Gasteiger partial charge on any atom is 0.141 e. The van der Waals surface area contributed by atoms with E-state index in [-0.39, 0.29) is 6.10 Å². The van der Waals surface area contributed by atoms with Crippen molar-refractivity contribution in [2.45, 2.75) is 26.4 Å². The number of aromatic nitrogens is 1. The lowest BCUT2D eigenvalue weighted by molar-refractivity contribution is 0.0292. The largest absolute Gasteiger partial charge is 0.496 e. The van der Waals surface area contributed by atoms with Crippen LogP contribution >= 0.6 is 0 Å². The second-order valence-electron chi connectivity index (χ2n) is 5.63. The van der Waals surface area contributed by atoms with Gasteiger partial charge in [-0.05, 0) is 38.0 Å². The molecule has 1 N–H and O–H groups in total. The van der Waals surface area contributed by atoms with E-state index in [2.05, 4.69) is 22.6 Å². The van der Waals surface area contributed by atoms with Crippen molar-refractivity contribution in [3.63, 3.8) is 0 Å². The summed E-state index contributed by atoms with van der Waals surface area (Å²) in [6, 6.07) is 6.26. The van der Waals surface area contributed by atoms with Crippen molar-refractivity contribution < 1.29 is 14.0 Å². The number of morpholine rings is 1. The minimum atomic E-state index is 0.222. The van der Waals surface area contributed by atoms with Gasteiger partial charge in [0.2, 0.25) is 0 Å². The van der Waals surface area contributed by atoms with Gasteiger partial charge in [-0.1, -0.05) is 11.2 Å². The Labute approximate surface area is 130 Å². The molecule has 2 heterocycles. The van der Waals surface area contributed by atoms with Crippen molar-refractivity contribution >= 4 is 0 Å². The monoisotopic (exact) mass is 302 g/mol. The molecule has 3 rings (SSSR count). The van der Waals surface area contributed by atoms with Gasteiger partial charge in [0.05, 0.1) is 31.1 Å². The van der Waals surface area contributed by atoms with E-state index in [1.807, 2.05) is 19.9 Å². The summed E-state index contributed by atoms with van der Waals surface area (Å²) in [7, 11) is 1.69. The Morgan fingerprint density at radius 3 is 2.86 bits per heavy atom. The molecule has 1 aromatic heterocycles. The lowest BCUT2D eigenvalue weighted by atomic mass is 9.98. The molecule has 2 aromatic rings. The fourth-order valence-electron chi connectivity index (χ4n) is 2.96. The minimum absolute atomic E-state index is 0.222. The summed E-state index contributed by atoms with van der Waals surface area (Å²) in [6.07, 6.45) is 1.10. The standard InChI is InChI=1S/C17H22N2O3/c1-11-17(12(2)22-19-11)15-9-13(4-5-16(15)20-3)8-14-10-18-6-7-21-14/h4-5,9,14,18H,6-8,10H2,1-3H3/t14-/m1/s1. The average molecular weight is 302 g/mol. The molecular formula is C17H22N2O3. The quantitative estimate of drug-likeness (QED) is 0.940. The van der Waals surface area contributed by atoms with Crippen LogP contribution in [-0.2, 0) is 11.2 Å².